The Bertz CT molecular complexity index is 1250. The molecule has 7 nitrogen and oxygen atoms in total. The van der Waals surface area contributed by atoms with Crippen LogP contribution in [-0.2, 0) is 9.59 Å². The van der Waals surface area contributed by atoms with Gasteiger partial charge in [-0.2, -0.15) is 5.10 Å². The normalized spacial score (nSPS) is 15.7. The average molecular weight is 456 g/mol. The molecular weight excluding hydrogens is 437 g/mol. The number of pyridine rings is 1. The monoisotopic (exact) mass is 455 g/mol. The second kappa shape index (κ2) is 8.92. The molecule has 0 saturated carbocycles. The Morgan fingerprint density at radius 1 is 1.22 bits per heavy atom. The molecule has 9 heteroatoms. The Morgan fingerprint density at radius 3 is 2.75 bits per heavy atom. The second-order valence-corrected chi connectivity index (χ2v) is 7.69. The lowest BCUT2D eigenvalue weighted by atomic mass is 9.98. The Morgan fingerprint density at radius 2 is 2.03 bits per heavy atom. The Labute approximate surface area is 188 Å². The molecule has 3 aromatic rings. The summed E-state index contributed by atoms with van der Waals surface area (Å²) in [6, 6.07) is 12.5. The molecule has 1 aliphatic heterocycles. The Balaban J connectivity index is 1.74. The SMILES string of the molecule is COc1ccc2cc(C3CC(c4cccc(F)c4)=NN3C(=O)CCC(=O)O)c(Cl)nc2c1. The molecule has 0 aliphatic carbocycles. The molecule has 0 bridgehead atoms. The van der Waals surface area contributed by atoms with Crippen LogP contribution in [0.4, 0.5) is 4.39 Å². The van der Waals surface area contributed by atoms with Crippen LogP contribution in [0.1, 0.15) is 36.4 Å². The number of aromatic nitrogens is 1. The molecule has 1 amide bonds. The zero-order valence-electron chi connectivity index (χ0n) is 17.1. The first-order valence-corrected chi connectivity index (χ1v) is 10.2. The summed E-state index contributed by atoms with van der Waals surface area (Å²) in [7, 11) is 1.56. The number of fused-ring (bicyclic) bond motifs is 1. The standard InChI is InChI=1S/C23H19ClFN3O4/c1-32-16-6-5-14-10-17(23(24)26-18(14)11-16)20-12-19(13-3-2-4-15(25)9-13)27-28(20)21(29)7-8-22(30)31/h2-6,9-11,20H,7-8,12H2,1H3,(H,30,31). The van der Waals surface area contributed by atoms with Gasteiger partial charge in [0.25, 0.3) is 0 Å². The van der Waals surface area contributed by atoms with Gasteiger partial charge in [-0.25, -0.2) is 14.4 Å². The predicted molar refractivity (Wildman–Crippen MR) is 117 cm³/mol. The third-order valence-electron chi connectivity index (χ3n) is 5.24. The van der Waals surface area contributed by atoms with E-state index in [1.54, 1.807) is 31.4 Å². The lowest BCUT2D eigenvalue weighted by Gasteiger charge is -2.23. The highest BCUT2D eigenvalue weighted by atomic mass is 35.5. The molecule has 0 saturated heterocycles. The molecule has 4 rings (SSSR count). The fraction of sp³-hybridized carbons (Fsp3) is 0.217. The van der Waals surface area contributed by atoms with Gasteiger partial charge in [0.15, 0.2) is 0 Å². The van der Waals surface area contributed by atoms with Crippen LogP contribution < -0.4 is 4.74 Å². The zero-order valence-corrected chi connectivity index (χ0v) is 17.8. The smallest absolute Gasteiger partial charge is 0.303 e. The van der Waals surface area contributed by atoms with E-state index >= 15 is 0 Å². The summed E-state index contributed by atoms with van der Waals surface area (Å²) in [5.41, 5.74) is 2.25. The zero-order chi connectivity index (χ0) is 22.8. The van der Waals surface area contributed by atoms with Gasteiger partial charge >= 0.3 is 5.97 Å². The van der Waals surface area contributed by atoms with E-state index in [1.807, 2.05) is 12.1 Å². The van der Waals surface area contributed by atoms with Crippen molar-refractivity contribution in [1.29, 1.82) is 0 Å². The summed E-state index contributed by atoms with van der Waals surface area (Å²) >= 11 is 6.50. The second-order valence-electron chi connectivity index (χ2n) is 7.34. The van der Waals surface area contributed by atoms with Gasteiger partial charge in [-0.05, 0) is 30.3 Å². The van der Waals surface area contributed by atoms with Gasteiger partial charge in [-0.1, -0.05) is 23.7 Å². The van der Waals surface area contributed by atoms with Crippen molar-refractivity contribution in [2.24, 2.45) is 5.10 Å². The van der Waals surface area contributed by atoms with E-state index in [0.29, 0.717) is 28.1 Å². The number of amides is 1. The van der Waals surface area contributed by atoms with E-state index in [2.05, 4.69) is 10.1 Å². The number of rotatable bonds is 6. The molecular formula is C23H19ClFN3O4. The summed E-state index contributed by atoms with van der Waals surface area (Å²) in [6.07, 6.45) is -0.261. The number of halogens is 2. The van der Waals surface area contributed by atoms with Gasteiger partial charge in [-0.3, -0.25) is 9.59 Å². The van der Waals surface area contributed by atoms with Crippen molar-refractivity contribution in [3.63, 3.8) is 0 Å². The van der Waals surface area contributed by atoms with E-state index in [4.69, 9.17) is 21.4 Å². The minimum absolute atomic E-state index is 0.197. The number of ether oxygens (including phenoxy) is 1. The quantitative estimate of drug-likeness (QED) is 0.549. The molecule has 1 aromatic heterocycles. The lowest BCUT2D eigenvalue weighted by molar-refractivity contribution is -0.141. The van der Waals surface area contributed by atoms with Crippen LogP contribution in [0.15, 0.2) is 53.6 Å². The number of benzene rings is 2. The van der Waals surface area contributed by atoms with Crippen LogP contribution in [0.5, 0.6) is 5.75 Å². The minimum Gasteiger partial charge on any atom is -0.497 e. The van der Waals surface area contributed by atoms with Gasteiger partial charge in [0, 0.05) is 35.4 Å². The number of hydrogen-bond donors (Lipinski definition) is 1. The number of methoxy groups -OCH3 is 1. The Kier molecular flexibility index (Phi) is 6.05. The molecule has 2 aromatic carbocycles. The fourth-order valence-corrected chi connectivity index (χ4v) is 3.93. The molecule has 1 aliphatic rings. The molecule has 1 atom stereocenters. The first-order valence-electron chi connectivity index (χ1n) is 9.87. The van der Waals surface area contributed by atoms with Crippen molar-refractivity contribution in [2.75, 3.05) is 7.11 Å². The van der Waals surface area contributed by atoms with Crippen molar-refractivity contribution >= 4 is 40.1 Å². The van der Waals surface area contributed by atoms with E-state index in [0.717, 1.165) is 5.39 Å². The fourth-order valence-electron chi connectivity index (χ4n) is 3.65. The van der Waals surface area contributed by atoms with E-state index in [-0.39, 0.29) is 24.4 Å². The molecule has 32 heavy (non-hydrogen) atoms. The summed E-state index contributed by atoms with van der Waals surface area (Å²) in [5.74, 6) is -1.33. The van der Waals surface area contributed by atoms with Crippen LogP contribution in [0.2, 0.25) is 5.15 Å². The molecule has 1 unspecified atom stereocenters. The maximum Gasteiger partial charge on any atom is 0.303 e. The summed E-state index contributed by atoms with van der Waals surface area (Å²) < 4.78 is 19.0. The van der Waals surface area contributed by atoms with Crippen LogP contribution in [0, 0.1) is 5.82 Å². The van der Waals surface area contributed by atoms with Gasteiger partial charge in [-0.15, -0.1) is 0 Å². The number of carboxylic acids is 1. The Hall–Kier alpha value is -3.52. The first-order chi connectivity index (χ1) is 15.4. The van der Waals surface area contributed by atoms with Crippen molar-refractivity contribution in [3.8, 4) is 5.75 Å². The van der Waals surface area contributed by atoms with Crippen molar-refractivity contribution in [2.45, 2.75) is 25.3 Å². The van der Waals surface area contributed by atoms with Crippen LogP contribution >= 0.6 is 11.6 Å². The number of aliphatic carboxylic acids is 1. The number of carbonyl (C=O) groups is 2. The third-order valence-corrected chi connectivity index (χ3v) is 5.54. The van der Waals surface area contributed by atoms with Gasteiger partial charge in [0.05, 0.1) is 30.8 Å². The third kappa shape index (κ3) is 4.40. The molecule has 164 valence electrons. The van der Waals surface area contributed by atoms with Crippen LogP contribution in [0.3, 0.4) is 0 Å². The van der Waals surface area contributed by atoms with E-state index in [1.165, 1.54) is 17.1 Å². The lowest BCUT2D eigenvalue weighted by Crippen LogP contribution is -2.27. The minimum atomic E-state index is -1.08. The molecule has 0 radical (unpaired) electrons. The summed E-state index contributed by atoms with van der Waals surface area (Å²) in [6.45, 7) is 0. The van der Waals surface area contributed by atoms with Gasteiger partial charge in [0.1, 0.15) is 16.7 Å². The molecule has 0 spiro atoms. The van der Waals surface area contributed by atoms with E-state index in [9.17, 15) is 14.0 Å². The summed E-state index contributed by atoms with van der Waals surface area (Å²) in [5, 5.41) is 15.6. The topological polar surface area (TPSA) is 92.1 Å². The summed E-state index contributed by atoms with van der Waals surface area (Å²) in [4.78, 5) is 28.2. The number of hydrazone groups is 1. The first kappa shape index (κ1) is 21.7. The number of hydrogen-bond acceptors (Lipinski definition) is 5. The van der Waals surface area contributed by atoms with Crippen molar-refractivity contribution in [3.05, 3.63) is 70.6 Å². The van der Waals surface area contributed by atoms with Gasteiger partial charge < -0.3 is 9.84 Å². The van der Waals surface area contributed by atoms with Crippen molar-refractivity contribution in [1.82, 2.24) is 9.99 Å². The average Bonchev–Trinajstić information content (AvgIpc) is 3.22. The van der Waals surface area contributed by atoms with Crippen LogP contribution in [0.25, 0.3) is 10.9 Å². The van der Waals surface area contributed by atoms with Crippen LogP contribution in [-0.4, -0.2) is 39.8 Å². The van der Waals surface area contributed by atoms with Crippen molar-refractivity contribution < 1.29 is 23.8 Å². The molecule has 1 N–H and O–H groups in total. The molecule has 0 fully saturated rings. The largest absolute Gasteiger partial charge is 0.497 e. The highest BCUT2D eigenvalue weighted by Crippen LogP contribution is 2.38. The maximum absolute atomic E-state index is 13.8. The number of carboxylic acid groups (broad SMARTS) is 1. The highest BCUT2D eigenvalue weighted by Gasteiger charge is 2.35. The highest BCUT2D eigenvalue weighted by molar-refractivity contribution is 6.30. The number of carbonyl (C=O) groups excluding carboxylic acids is 1. The van der Waals surface area contributed by atoms with Gasteiger partial charge in [0.2, 0.25) is 5.91 Å². The van der Waals surface area contributed by atoms with E-state index < -0.39 is 23.7 Å². The number of nitrogens with zero attached hydrogens (tertiary/aromatic N) is 3. The maximum atomic E-state index is 13.8. The predicted octanol–water partition coefficient (Wildman–Crippen LogP) is 4.58. The molecule has 2 heterocycles.